The molecule has 1 unspecified atom stereocenters. The molecule has 2 rings (SSSR count). The molecule has 2 fully saturated rings. The molecule has 1 atom stereocenters. The van der Waals surface area contributed by atoms with Gasteiger partial charge in [-0.3, -0.25) is 0 Å². The SMILES string of the molecule is OC(CNC1CCC1)C1CCC1. The summed E-state index contributed by atoms with van der Waals surface area (Å²) in [6, 6.07) is 0.722. The molecule has 0 aromatic rings. The van der Waals surface area contributed by atoms with Crippen LogP contribution in [0, 0.1) is 5.92 Å². The second-order valence-electron chi connectivity index (χ2n) is 4.29. The molecule has 2 heteroatoms. The zero-order valence-corrected chi connectivity index (χ0v) is 7.63. The van der Waals surface area contributed by atoms with Gasteiger partial charge in [0.1, 0.15) is 0 Å². The van der Waals surface area contributed by atoms with E-state index >= 15 is 0 Å². The van der Waals surface area contributed by atoms with Gasteiger partial charge in [-0.2, -0.15) is 0 Å². The zero-order valence-electron chi connectivity index (χ0n) is 7.63. The van der Waals surface area contributed by atoms with Gasteiger partial charge in [0.2, 0.25) is 0 Å². The van der Waals surface area contributed by atoms with Crippen molar-refractivity contribution in [2.45, 2.75) is 50.7 Å². The highest BCUT2D eigenvalue weighted by Gasteiger charge is 2.26. The van der Waals surface area contributed by atoms with E-state index in [1.807, 2.05) is 0 Å². The summed E-state index contributed by atoms with van der Waals surface area (Å²) < 4.78 is 0. The van der Waals surface area contributed by atoms with Gasteiger partial charge in [-0.1, -0.05) is 12.8 Å². The Morgan fingerprint density at radius 1 is 1.17 bits per heavy atom. The highest BCUT2D eigenvalue weighted by molar-refractivity contribution is 4.82. The summed E-state index contributed by atoms with van der Waals surface area (Å²) in [5, 5.41) is 13.1. The van der Waals surface area contributed by atoms with Crippen molar-refractivity contribution >= 4 is 0 Å². The molecule has 12 heavy (non-hydrogen) atoms. The molecule has 0 spiro atoms. The van der Waals surface area contributed by atoms with E-state index in [-0.39, 0.29) is 6.10 Å². The lowest BCUT2D eigenvalue weighted by Gasteiger charge is -2.33. The van der Waals surface area contributed by atoms with E-state index in [4.69, 9.17) is 0 Å². The monoisotopic (exact) mass is 169 g/mol. The molecule has 0 aromatic carbocycles. The van der Waals surface area contributed by atoms with E-state index in [0.29, 0.717) is 5.92 Å². The highest BCUT2D eigenvalue weighted by atomic mass is 16.3. The number of aliphatic hydroxyl groups excluding tert-OH is 1. The van der Waals surface area contributed by atoms with Crippen molar-refractivity contribution in [1.29, 1.82) is 0 Å². The maximum atomic E-state index is 9.67. The Morgan fingerprint density at radius 2 is 1.83 bits per heavy atom. The van der Waals surface area contributed by atoms with Gasteiger partial charge in [0, 0.05) is 12.6 Å². The van der Waals surface area contributed by atoms with E-state index in [1.54, 1.807) is 0 Å². The lowest BCUT2D eigenvalue weighted by molar-refractivity contribution is 0.0574. The predicted molar refractivity (Wildman–Crippen MR) is 49.0 cm³/mol. The summed E-state index contributed by atoms with van der Waals surface area (Å²) in [7, 11) is 0. The number of hydrogen-bond acceptors (Lipinski definition) is 2. The summed E-state index contributed by atoms with van der Waals surface area (Å²) in [6.07, 6.45) is 7.75. The fourth-order valence-electron chi connectivity index (χ4n) is 1.89. The maximum Gasteiger partial charge on any atom is 0.0692 e. The van der Waals surface area contributed by atoms with E-state index in [0.717, 1.165) is 12.6 Å². The fraction of sp³-hybridized carbons (Fsp3) is 1.00. The topological polar surface area (TPSA) is 32.3 Å². The van der Waals surface area contributed by atoms with Crippen molar-refractivity contribution in [3.8, 4) is 0 Å². The van der Waals surface area contributed by atoms with Crippen LogP contribution in [0.3, 0.4) is 0 Å². The van der Waals surface area contributed by atoms with Crippen LogP contribution in [0.2, 0.25) is 0 Å². The van der Waals surface area contributed by atoms with Crippen LogP contribution >= 0.6 is 0 Å². The Kier molecular flexibility index (Phi) is 2.66. The predicted octanol–water partition coefficient (Wildman–Crippen LogP) is 1.29. The first-order valence-electron chi connectivity index (χ1n) is 5.28. The molecule has 0 radical (unpaired) electrons. The highest BCUT2D eigenvalue weighted by Crippen LogP contribution is 2.29. The molecule has 2 saturated carbocycles. The Hall–Kier alpha value is -0.0800. The van der Waals surface area contributed by atoms with Gasteiger partial charge in [0.25, 0.3) is 0 Å². The second-order valence-corrected chi connectivity index (χ2v) is 4.29. The van der Waals surface area contributed by atoms with Gasteiger partial charge in [-0.25, -0.2) is 0 Å². The van der Waals surface area contributed by atoms with Crippen molar-refractivity contribution in [2.75, 3.05) is 6.54 Å². The molecule has 2 N–H and O–H groups in total. The van der Waals surface area contributed by atoms with Crippen LogP contribution < -0.4 is 5.32 Å². The molecular formula is C10H19NO. The second kappa shape index (κ2) is 3.75. The Bertz CT molecular complexity index is 141. The van der Waals surface area contributed by atoms with Crippen molar-refractivity contribution in [3.05, 3.63) is 0 Å². The summed E-state index contributed by atoms with van der Waals surface area (Å²) >= 11 is 0. The lowest BCUT2D eigenvalue weighted by atomic mass is 9.81. The molecule has 0 bridgehead atoms. The number of hydrogen-bond donors (Lipinski definition) is 2. The summed E-state index contributed by atoms with van der Waals surface area (Å²) in [5.74, 6) is 0.609. The van der Waals surface area contributed by atoms with Crippen LogP contribution in [0.5, 0.6) is 0 Å². The minimum atomic E-state index is -0.0700. The van der Waals surface area contributed by atoms with Gasteiger partial charge in [0.15, 0.2) is 0 Å². The van der Waals surface area contributed by atoms with Crippen LogP contribution in [0.4, 0.5) is 0 Å². The molecule has 0 amide bonds. The largest absolute Gasteiger partial charge is 0.392 e. The molecular weight excluding hydrogens is 150 g/mol. The van der Waals surface area contributed by atoms with Crippen molar-refractivity contribution in [3.63, 3.8) is 0 Å². The number of rotatable bonds is 4. The molecule has 2 aliphatic rings. The van der Waals surface area contributed by atoms with Crippen molar-refractivity contribution in [1.82, 2.24) is 5.32 Å². The Morgan fingerprint density at radius 3 is 2.25 bits per heavy atom. The molecule has 70 valence electrons. The molecule has 0 aliphatic heterocycles. The van der Waals surface area contributed by atoms with Gasteiger partial charge in [0.05, 0.1) is 6.10 Å². The summed E-state index contributed by atoms with van der Waals surface area (Å²) in [6.45, 7) is 0.829. The van der Waals surface area contributed by atoms with Gasteiger partial charge in [-0.15, -0.1) is 0 Å². The summed E-state index contributed by atoms with van der Waals surface area (Å²) in [5.41, 5.74) is 0. The maximum absolute atomic E-state index is 9.67. The van der Waals surface area contributed by atoms with E-state index in [9.17, 15) is 5.11 Å². The van der Waals surface area contributed by atoms with Crippen molar-refractivity contribution in [2.24, 2.45) is 5.92 Å². The molecule has 2 aliphatic carbocycles. The smallest absolute Gasteiger partial charge is 0.0692 e. The van der Waals surface area contributed by atoms with Gasteiger partial charge in [-0.05, 0) is 31.6 Å². The molecule has 0 heterocycles. The minimum absolute atomic E-state index is 0.0700. The molecule has 0 aromatic heterocycles. The van der Waals surface area contributed by atoms with Crippen molar-refractivity contribution < 1.29 is 5.11 Å². The van der Waals surface area contributed by atoms with Crippen LogP contribution in [-0.2, 0) is 0 Å². The number of aliphatic hydroxyl groups is 1. The lowest BCUT2D eigenvalue weighted by Crippen LogP contribution is -2.43. The zero-order chi connectivity index (χ0) is 8.39. The first kappa shape index (κ1) is 8.52. The first-order chi connectivity index (χ1) is 5.86. The average Bonchev–Trinajstić information content (AvgIpc) is 1.79. The van der Waals surface area contributed by atoms with Crippen LogP contribution in [0.1, 0.15) is 38.5 Å². The number of nitrogens with one attached hydrogen (secondary N) is 1. The quantitative estimate of drug-likeness (QED) is 0.664. The Labute approximate surface area is 74.4 Å². The average molecular weight is 169 g/mol. The first-order valence-corrected chi connectivity index (χ1v) is 5.28. The molecule has 0 saturated heterocycles. The third kappa shape index (κ3) is 1.80. The third-order valence-corrected chi connectivity index (χ3v) is 3.41. The molecule has 2 nitrogen and oxygen atoms in total. The van der Waals surface area contributed by atoms with E-state index in [2.05, 4.69) is 5.32 Å². The third-order valence-electron chi connectivity index (χ3n) is 3.41. The van der Waals surface area contributed by atoms with Crippen LogP contribution in [0.15, 0.2) is 0 Å². The standard InChI is InChI=1S/C10H19NO/c12-10(8-3-1-4-8)7-11-9-5-2-6-9/h8-12H,1-7H2. The minimum Gasteiger partial charge on any atom is -0.392 e. The summed E-state index contributed by atoms with van der Waals surface area (Å²) in [4.78, 5) is 0. The van der Waals surface area contributed by atoms with E-state index < -0.39 is 0 Å². The normalized spacial score (nSPS) is 27.8. The fourth-order valence-corrected chi connectivity index (χ4v) is 1.89. The Balaban J connectivity index is 1.58. The van der Waals surface area contributed by atoms with Gasteiger partial charge < -0.3 is 10.4 Å². The van der Waals surface area contributed by atoms with Crippen LogP contribution in [0.25, 0.3) is 0 Å². The van der Waals surface area contributed by atoms with E-state index in [1.165, 1.54) is 38.5 Å². The van der Waals surface area contributed by atoms with Crippen LogP contribution in [-0.4, -0.2) is 23.8 Å². The van der Waals surface area contributed by atoms with Gasteiger partial charge >= 0.3 is 0 Å².